The van der Waals surface area contributed by atoms with Crippen molar-refractivity contribution in [2.24, 2.45) is 0 Å². The van der Waals surface area contributed by atoms with Crippen molar-refractivity contribution < 1.29 is 23.1 Å². The molecule has 1 saturated heterocycles. The van der Waals surface area contributed by atoms with Gasteiger partial charge in [-0.2, -0.15) is 0 Å². The van der Waals surface area contributed by atoms with E-state index in [0.717, 1.165) is 0 Å². The highest BCUT2D eigenvalue weighted by Gasteiger charge is 2.35. The van der Waals surface area contributed by atoms with Gasteiger partial charge in [-0.1, -0.05) is 6.92 Å². The van der Waals surface area contributed by atoms with E-state index in [9.17, 15) is 18.0 Å². The Bertz CT molecular complexity index is 403. The minimum atomic E-state index is -3.05. The Morgan fingerprint density at radius 1 is 1.53 bits per heavy atom. The number of hydrogen-bond donors (Lipinski definition) is 1. The summed E-state index contributed by atoms with van der Waals surface area (Å²) in [5.41, 5.74) is 0. The molecule has 0 aromatic carbocycles. The highest BCUT2D eigenvalue weighted by molar-refractivity contribution is 7.91. The van der Waals surface area contributed by atoms with Crippen LogP contribution in [-0.2, 0) is 19.4 Å². The van der Waals surface area contributed by atoms with Crippen LogP contribution in [0.25, 0.3) is 0 Å². The number of aliphatic carboxylic acids is 1. The molecule has 6 nitrogen and oxygen atoms in total. The maximum atomic E-state index is 11.4. The molecule has 1 atom stereocenters. The van der Waals surface area contributed by atoms with Gasteiger partial charge >= 0.3 is 5.97 Å². The first kappa shape index (κ1) is 14.0. The molecule has 1 fully saturated rings. The Morgan fingerprint density at radius 2 is 2.18 bits per heavy atom. The van der Waals surface area contributed by atoms with Crippen molar-refractivity contribution in [3.8, 4) is 0 Å². The number of likely N-dealkylation sites (tertiary alicyclic amines) is 1. The molecule has 0 bridgehead atoms. The molecule has 0 aromatic heterocycles. The average Bonchev–Trinajstić information content (AvgIpc) is 2.60. The smallest absolute Gasteiger partial charge is 0.326 e. The predicted molar refractivity (Wildman–Crippen MR) is 61.3 cm³/mol. The van der Waals surface area contributed by atoms with Gasteiger partial charge in [-0.3, -0.25) is 4.79 Å². The van der Waals surface area contributed by atoms with Crippen molar-refractivity contribution >= 4 is 21.7 Å². The molecule has 0 aliphatic carbocycles. The third-order valence-corrected chi connectivity index (χ3v) is 4.70. The van der Waals surface area contributed by atoms with Crippen LogP contribution in [0.3, 0.4) is 0 Å². The fourth-order valence-electron chi connectivity index (χ4n) is 1.87. The van der Waals surface area contributed by atoms with Crippen molar-refractivity contribution in [2.75, 3.05) is 18.1 Å². The number of carboxylic acid groups (broad SMARTS) is 1. The van der Waals surface area contributed by atoms with Gasteiger partial charge in [-0.15, -0.1) is 0 Å². The highest BCUT2D eigenvalue weighted by atomic mass is 32.2. The summed E-state index contributed by atoms with van der Waals surface area (Å²) in [6.07, 6.45) is 0.845. The number of amides is 1. The Balaban J connectivity index is 2.50. The molecule has 0 saturated carbocycles. The van der Waals surface area contributed by atoms with Crippen LogP contribution < -0.4 is 0 Å². The molecule has 1 N–H and O–H groups in total. The molecule has 1 rings (SSSR count). The summed E-state index contributed by atoms with van der Waals surface area (Å²) in [5, 5.41) is 8.89. The van der Waals surface area contributed by atoms with Gasteiger partial charge < -0.3 is 10.0 Å². The van der Waals surface area contributed by atoms with Gasteiger partial charge in [0.25, 0.3) is 0 Å². The molecule has 1 unspecified atom stereocenters. The number of sulfone groups is 1. The normalized spacial score (nSPS) is 20.9. The first-order valence-electron chi connectivity index (χ1n) is 5.60. The second-order valence-electron chi connectivity index (χ2n) is 4.07. The van der Waals surface area contributed by atoms with E-state index in [4.69, 9.17) is 5.11 Å². The maximum Gasteiger partial charge on any atom is 0.326 e. The Morgan fingerprint density at radius 3 is 2.71 bits per heavy atom. The Kier molecular flexibility index (Phi) is 4.50. The minimum Gasteiger partial charge on any atom is -0.480 e. The highest BCUT2D eigenvalue weighted by Crippen LogP contribution is 2.19. The summed E-state index contributed by atoms with van der Waals surface area (Å²) in [6.45, 7) is 1.77. The van der Waals surface area contributed by atoms with Crippen molar-refractivity contribution in [1.29, 1.82) is 0 Å². The number of nitrogens with zero attached hydrogens (tertiary/aromatic N) is 1. The van der Waals surface area contributed by atoms with Crippen molar-refractivity contribution in [3.05, 3.63) is 0 Å². The van der Waals surface area contributed by atoms with E-state index in [1.165, 1.54) is 4.90 Å². The summed E-state index contributed by atoms with van der Waals surface area (Å²) in [4.78, 5) is 23.6. The Labute approximate surface area is 101 Å². The van der Waals surface area contributed by atoms with Crippen molar-refractivity contribution in [1.82, 2.24) is 4.90 Å². The van der Waals surface area contributed by atoms with Gasteiger partial charge in [0, 0.05) is 18.7 Å². The van der Waals surface area contributed by atoms with Gasteiger partial charge in [0.05, 0.1) is 5.75 Å². The zero-order valence-corrected chi connectivity index (χ0v) is 10.6. The standard InChI is InChI=1S/C10H17NO5S/c1-2-17(15,16)7-3-6-11-8(10(13)14)4-5-9(11)12/h8H,2-7H2,1H3,(H,13,14). The van der Waals surface area contributed by atoms with E-state index in [1.807, 2.05) is 0 Å². The zero-order chi connectivity index (χ0) is 13.1. The molecule has 0 aromatic rings. The summed E-state index contributed by atoms with van der Waals surface area (Å²) in [7, 11) is -3.05. The summed E-state index contributed by atoms with van der Waals surface area (Å²) < 4.78 is 22.5. The fraction of sp³-hybridized carbons (Fsp3) is 0.800. The second-order valence-corrected chi connectivity index (χ2v) is 6.54. The van der Waals surface area contributed by atoms with E-state index in [-0.39, 0.29) is 30.4 Å². The number of carbonyl (C=O) groups is 2. The lowest BCUT2D eigenvalue weighted by molar-refractivity contribution is -0.146. The topological polar surface area (TPSA) is 91.8 Å². The van der Waals surface area contributed by atoms with Crippen LogP contribution in [0.15, 0.2) is 0 Å². The van der Waals surface area contributed by atoms with Gasteiger partial charge in [0.1, 0.15) is 15.9 Å². The molecule has 0 spiro atoms. The van der Waals surface area contributed by atoms with Crippen LogP contribution in [0.1, 0.15) is 26.2 Å². The second kappa shape index (κ2) is 5.48. The number of carbonyl (C=O) groups excluding carboxylic acids is 1. The first-order valence-corrected chi connectivity index (χ1v) is 7.42. The average molecular weight is 263 g/mol. The Hall–Kier alpha value is -1.11. The van der Waals surface area contributed by atoms with E-state index in [1.54, 1.807) is 6.92 Å². The molecular weight excluding hydrogens is 246 g/mol. The molecular formula is C10H17NO5S. The number of carboxylic acids is 1. The van der Waals surface area contributed by atoms with E-state index < -0.39 is 21.8 Å². The zero-order valence-electron chi connectivity index (χ0n) is 9.76. The molecule has 17 heavy (non-hydrogen) atoms. The largest absolute Gasteiger partial charge is 0.480 e. The molecule has 1 aliphatic rings. The van der Waals surface area contributed by atoms with Crippen LogP contribution >= 0.6 is 0 Å². The SMILES string of the molecule is CCS(=O)(=O)CCCN1C(=O)CCC1C(=O)O. The van der Waals surface area contributed by atoms with E-state index in [2.05, 4.69) is 0 Å². The minimum absolute atomic E-state index is 0.000378. The number of hydrogen-bond acceptors (Lipinski definition) is 4. The van der Waals surface area contributed by atoms with Crippen molar-refractivity contribution in [3.63, 3.8) is 0 Å². The lowest BCUT2D eigenvalue weighted by Crippen LogP contribution is -2.39. The van der Waals surface area contributed by atoms with Crippen LogP contribution in [0.5, 0.6) is 0 Å². The summed E-state index contributed by atoms with van der Waals surface area (Å²) in [6, 6.07) is -0.785. The maximum absolute atomic E-state index is 11.4. The predicted octanol–water partition coefficient (Wildman–Crippen LogP) is -0.113. The van der Waals surface area contributed by atoms with Crippen molar-refractivity contribution in [2.45, 2.75) is 32.2 Å². The molecule has 7 heteroatoms. The van der Waals surface area contributed by atoms with Gasteiger partial charge in [-0.25, -0.2) is 13.2 Å². The van der Waals surface area contributed by atoms with Gasteiger partial charge in [-0.05, 0) is 12.8 Å². The van der Waals surface area contributed by atoms with Crippen LogP contribution in [0.2, 0.25) is 0 Å². The van der Waals surface area contributed by atoms with Gasteiger partial charge in [0.15, 0.2) is 0 Å². The fourth-order valence-corrected chi connectivity index (χ4v) is 2.73. The third kappa shape index (κ3) is 3.69. The molecule has 98 valence electrons. The molecule has 0 radical (unpaired) electrons. The monoisotopic (exact) mass is 263 g/mol. The lowest BCUT2D eigenvalue weighted by atomic mass is 10.2. The van der Waals surface area contributed by atoms with Crippen LogP contribution in [0.4, 0.5) is 0 Å². The third-order valence-electron chi connectivity index (χ3n) is 2.91. The lowest BCUT2D eigenvalue weighted by Gasteiger charge is -2.21. The van der Waals surface area contributed by atoms with E-state index >= 15 is 0 Å². The quantitative estimate of drug-likeness (QED) is 0.721. The van der Waals surface area contributed by atoms with E-state index in [0.29, 0.717) is 12.8 Å². The molecule has 1 heterocycles. The molecule has 1 aliphatic heterocycles. The first-order chi connectivity index (χ1) is 7.87. The molecule has 1 amide bonds. The van der Waals surface area contributed by atoms with Crippen LogP contribution in [-0.4, -0.2) is 54.4 Å². The van der Waals surface area contributed by atoms with Crippen LogP contribution in [0, 0.1) is 0 Å². The van der Waals surface area contributed by atoms with Gasteiger partial charge in [0.2, 0.25) is 5.91 Å². The summed E-state index contributed by atoms with van der Waals surface area (Å²) in [5.74, 6) is -1.15. The summed E-state index contributed by atoms with van der Waals surface area (Å²) >= 11 is 0. The number of rotatable bonds is 6.